The van der Waals surface area contributed by atoms with Crippen LogP contribution in [-0.4, -0.2) is 39.4 Å². The molecule has 0 spiro atoms. The van der Waals surface area contributed by atoms with E-state index < -0.39 is 25.2 Å². The van der Waals surface area contributed by atoms with Gasteiger partial charge in [0, 0.05) is 0 Å². The summed E-state index contributed by atoms with van der Waals surface area (Å²) in [7, 11) is 2.77. The Labute approximate surface area is 153 Å². The number of methoxy groups -OCH3 is 2. The fourth-order valence-corrected chi connectivity index (χ4v) is 10.2. The molecule has 0 radical (unpaired) electrons. The molecule has 0 saturated carbocycles. The van der Waals surface area contributed by atoms with Gasteiger partial charge in [0.15, 0.2) is 0 Å². The Kier molecular flexibility index (Phi) is 6.36. The predicted molar refractivity (Wildman–Crippen MR) is 102 cm³/mol. The number of carbonyl (C=O) groups is 2. The van der Waals surface area contributed by atoms with Crippen LogP contribution in [0, 0.1) is 0 Å². The van der Waals surface area contributed by atoms with Crippen molar-refractivity contribution in [3.8, 4) is 0 Å². The molecule has 1 aliphatic rings. The third-order valence-corrected chi connectivity index (χ3v) is 10.5. The second-order valence-electron chi connectivity index (χ2n) is 7.67. The van der Waals surface area contributed by atoms with Crippen LogP contribution in [0.1, 0.15) is 69.7 Å². The maximum atomic E-state index is 12.7. The first kappa shape index (κ1) is 20.0. The summed E-state index contributed by atoms with van der Waals surface area (Å²) in [6.45, 7) is 4.21. The monoisotopic (exact) mass is 408 g/mol. The van der Waals surface area contributed by atoms with Crippen molar-refractivity contribution in [3.63, 3.8) is 0 Å². The predicted octanol–water partition coefficient (Wildman–Crippen LogP) is 4.05. The minimum absolute atomic E-state index is 0.416. The summed E-state index contributed by atoms with van der Waals surface area (Å²) >= 11 is -1.94. The first-order valence-corrected chi connectivity index (χ1v) is 16.3. The third-order valence-electron chi connectivity index (χ3n) is 5.04. The van der Waals surface area contributed by atoms with Gasteiger partial charge in [-0.05, 0) is 0 Å². The van der Waals surface area contributed by atoms with Gasteiger partial charge < -0.3 is 0 Å². The van der Waals surface area contributed by atoms with Crippen LogP contribution in [0.15, 0.2) is 0 Å². The van der Waals surface area contributed by atoms with Crippen LogP contribution in [-0.2, 0) is 32.8 Å². The summed E-state index contributed by atoms with van der Waals surface area (Å²) in [5.74, 6) is 4.03. The van der Waals surface area contributed by atoms with E-state index in [9.17, 15) is 9.59 Å². The van der Waals surface area contributed by atoms with E-state index in [-0.39, 0.29) is 0 Å². The molecule has 4 nitrogen and oxygen atoms in total. The number of hydrogen-bond acceptors (Lipinski definition) is 4. The molecule has 0 aliphatic carbocycles. The molecular formula is C20H30GeO4. The van der Waals surface area contributed by atoms with Gasteiger partial charge in [-0.15, -0.1) is 0 Å². The van der Waals surface area contributed by atoms with Gasteiger partial charge in [-0.3, -0.25) is 0 Å². The Hall–Kier alpha value is -1.30. The molecule has 0 unspecified atom stereocenters. The van der Waals surface area contributed by atoms with Crippen molar-refractivity contribution in [2.45, 2.75) is 61.5 Å². The van der Waals surface area contributed by atoms with E-state index in [2.05, 4.69) is 25.4 Å². The number of fused-ring (bicyclic) bond motifs is 1. The SMILES string of the molecule is CCCc1c2c(c(CCC)c(C(=O)OC)c1C(=O)OC)[CH2][Ge]([CH3])([CH3])[CH2]2. The zero-order chi connectivity index (χ0) is 18.8. The second kappa shape index (κ2) is 7.94. The van der Waals surface area contributed by atoms with E-state index >= 15 is 0 Å². The molecule has 0 amide bonds. The van der Waals surface area contributed by atoms with Crippen molar-refractivity contribution in [2.75, 3.05) is 14.2 Å². The normalized spacial score (nSPS) is 15.0. The number of carbonyl (C=O) groups excluding carboxylic acids is 2. The fraction of sp³-hybridized carbons (Fsp3) is 0.600. The van der Waals surface area contributed by atoms with Gasteiger partial charge in [0.1, 0.15) is 0 Å². The third kappa shape index (κ3) is 3.79. The van der Waals surface area contributed by atoms with Crippen molar-refractivity contribution < 1.29 is 19.1 Å². The van der Waals surface area contributed by atoms with Gasteiger partial charge in [-0.2, -0.15) is 0 Å². The van der Waals surface area contributed by atoms with Crippen LogP contribution in [0.3, 0.4) is 0 Å². The van der Waals surface area contributed by atoms with Crippen molar-refractivity contribution >= 4 is 25.2 Å². The molecule has 5 heteroatoms. The summed E-state index contributed by atoms with van der Waals surface area (Å²) in [5, 5.41) is 2.24. The van der Waals surface area contributed by atoms with Crippen molar-refractivity contribution in [2.24, 2.45) is 0 Å². The molecule has 1 aliphatic heterocycles. The van der Waals surface area contributed by atoms with Crippen molar-refractivity contribution in [1.29, 1.82) is 0 Å². The first-order valence-electron chi connectivity index (χ1n) is 9.17. The van der Waals surface area contributed by atoms with Gasteiger partial charge in [-0.25, -0.2) is 0 Å². The zero-order valence-electron chi connectivity index (χ0n) is 16.4. The first-order chi connectivity index (χ1) is 11.8. The van der Waals surface area contributed by atoms with Crippen LogP contribution < -0.4 is 0 Å². The fourth-order valence-electron chi connectivity index (χ4n) is 4.12. The van der Waals surface area contributed by atoms with Crippen LogP contribution in [0.4, 0.5) is 0 Å². The van der Waals surface area contributed by atoms with E-state index in [1.54, 1.807) is 0 Å². The van der Waals surface area contributed by atoms with E-state index in [0.717, 1.165) is 47.3 Å². The molecular weight excluding hydrogens is 377 g/mol. The summed E-state index contributed by atoms with van der Waals surface area (Å²) in [4.78, 5) is 25.3. The van der Waals surface area contributed by atoms with E-state index in [1.807, 2.05) is 0 Å². The average Bonchev–Trinajstić information content (AvgIpc) is 2.90. The number of rotatable bonds is 6. The van der Waals surface area contributed by atoms with Crippen molar-refractivity contribution in [3.05, 3.63) is 33.4 Å². The van der Waals surface area contributed by atoms with E-state index in [0.29, 0.717) is 11.1 Å². The Bertz CT molecular complexity index is 635. The topological polar surface area (TPSA) is 52.6 Å². The van der Waals surface area contributed by atoms with Crippen LogP contribution in [0.2, 0.25) is 11.5 Å². The summed E-state index contributed by atoms with van der Waals surface area (Å²) in [5.41, 5.74) is 5.64. The molecule has 1 aromatic carbocycles. The van der Waals surface area contributed by atoms with Crippen molar-refractivity contribution in [1.82, 2.24) is 0 Å². The number of ether oxygens (including phenoxy) is 2. The van der Waals surface area contributed by atoms with Gasteiger partial charge in [0.05, 0.1) is 0 Å². The van der Waals surface area contributed by atoms with E-state index in [4.69, 9.17) is 9.47 Å². The Morgan fingerprint density at radius 1 is 0.840 bits per heavy atom. The number of hydrogen-bond donors (Lipinski definition) is 0. The van der Waals surface area contributed by atoms with Gasteiger partial charge in [-0.1, -0.05) is 0 Å². The zero-order valence-corrected chi connectivity index (χ0v) is 18.5. The van der Waals surface area contributed by atoms with Crippen LogP contribution in [0.25, 0.3) is 0 Å². The Morgan fingerprint density at radius 3 is 1.48 bits per heavy atom. The molecule has 1 aromatic rings. The molecule has 0 fully saturated rings. The van der Waals surface area contributed by atoms with E-state index in [1.165, 1.54) is 25.3 Å². The summed E-state index contributed by atoms with van der Waals surface area (Å²) in [6, 6.07) is 0. The van der Waals surface area contributed by atoms with Gasteiger partial charge in [0.2, 0.25) is 0 Å². The average molecular weight is 407 g/mol. The van der Waals surface area contributed by atoms with Crippen LogP contribution >= 0.6 is 0 Å². The molecule has 0 aromatic heterocycles. The standard InChI is InChI=1S/C20H30GeO4/c1-7-9-13-15-11-21(3,4)12-16(15)14(10-8-2)18(20(23)25-6)17(13)19(22)24-5/h7-12H2,1-6H3. The Balaban J connectivity index is 2.91. The number of esters is 2. The second-order valence-corrected chi connectivity index (χ2v) is 18.2. The molecule has 138 valence electrons. The molecule has 0 saturated heterocycles. The molecule has 1 heterocycles. The molecule has 2 rings (SSSR count). The minimum atomic E-state index is -1.94. The molecule has 0 bridgehead atoms. The summed E-state index contributed by atoms with van der Waals surface area (Å²) < 4.78 is 10.1. The molecule has 25 heavy (non-hydrogen) atoms. The van der Waals surface area contributed by atoms with Gasteiger partial charge >= 0.3 is 153 Å². The van der Waals surface area contributed by atoms with Gasteiger partial charge in [0.25, 0.3) is 0 Å². The quantitative estimate of drug-likeness (QED) is 0.528. The maximum absolute atomic E-state index is 12.7. The molecule has 0 atom stereocenters. The number of benzene rings is 1. The summed E-state index contributed by atoms with van der Waals surface area (Å²) in [6.07, 6.45) is 3.44. The Morgan fingerprint density at radius 2 is 1.20 bits per heavy atom. The van der Waals surface area contributed by atoms with Crippen LogP contribution in [0.5, 0.6) is 0 Å². The molecule has 0 N–H and O–H groups in total.